The van der Waals surface area contributed by atoms with E-state index >= 15 is 0 Å². The van der Waals surface area contributed by atoms with E-state index in [9.17, 15) is 10.2 Å². The van der Waals surface area contributed by atoms with Gasteiger partial charge in [0.15, 0.2) is 0 Å². The summed E-state index contributed by atoms with van der Waals surface area (Å²) in [5.74, 6) is 0.0109. The quantitative estimate of drug-likeness (QED) is 0.559. The fraction of sp³-hybridized carbons (Fsp3) is 0.818. The first-order valence-corrected chi connectivity index (χ1v) is 5.22. The molecule has 0 unspecified atom stereocenters. The number of aliphatic hydroxyl groups is 2. The molecule has 5 atom stereocenters. The van der Waals surface area contributed by atoms with Gasteiger partial charge in [0.2, 0.25) is 0 Å². The Morgan fingerprint density at radius 3 is 2.79 bits per heavy atom. The molecule has 0 saturated carbocycles. The Morgan fingerprint density at radius 2 is 2.07 bits per heavy atom. The van der Waals surface area contributed by atoms with Crippen LogP contribution in [0.4, 0.5) is 0 Å². The molecule has 1 heterocycles. The minimum Gasteiger partial charge on any atom is -0.392 e. The summed E-state index contributed by atoms with van der Waals surface area (Å²) in [5.41, 5.74) is -0.874. The maximum atomic E-state index is 10.4. The zero-order valence-electron chi connectivity index (χ0n) is 8.68. The average Bonchev–Trinajstić information content (AvgIpc) is 2.52. The monoisotopic (exact) mass is 198 g/mol. The van der Waals surface area contributed by atoms with Crippen molar-refractivity contribution in [3.8, 4) is 0 Å². The molecule has 0 bridgehead atoms. The lowest BCUT2D eigenvalue weighted by Gasteiger charge is -2.35. The average molecular weight is 198 g/mol. The van der Waals surface area contributed by atoms with E-state index in [1.165, 1.54) is 0 Å². The standard InChI is InChI=1S/C11H18O3/c1-7-3-4-9-5-14-6-11(9,13)8(2)10(7)12/h3-4,7-10,12-13H,5-6H2,1-2H3/t7-,8-,9+,10-,11+/m1/s1. The lowest BCUT2D eigenvalue weighted by atomic mass is 9.77. The van der Waals surface area contributed by atoms with Crippen LogP contribution in [0.15, 0.2) is 12.2 Å². The van der Waals surface area contributed by atoms with Crippen LogP contribution in [-0.2, 0) is 4.74 Å². The molecule has 0 aromatic rings. The van der Waals surface area contributed by atoms with E-state index in [1.54, 1.807) is 0 Å². The zero-order chi connectivity index (χ0) is 10.3. The van der Waals surface area contributed by atoms with Gasteiger partial charge in [-0.15, -0.1) is 0 Å². The van der Waals surface area contributed by atoms with Crippen LogP contribution in [0.25, 0.3) is 0 Å². The largest absolute Gasteiger partial charge is 0.392 e. The van der Waals surface area contributed by atoms with E-state index in [2.05, 4.69) is 0 Å². The lowest BCUT2D eigenvalue weighted by Crippen LogP contribution is -2.48. The molecule has 0 aromatic heterocycles. The van der Waals surface area contributed by atoms with E-state index < -0.39 is 11.7 Å². The molecule has 1 aliphatic heterocycles. The van der Waals surface area contributed by atoms with Gasteiger partial charge in [-0.3, -0.25) is 0 Å². The predicted molar refractivity (Wildman–Crippen MR) is 52.7 cm³/mol. The molecule has 0 aromatic carbocycles. The number of ether oxygens (including phenoxy) is 1. The number of rotatable bonds is 0. The lowest BCUT2D eigenvalue weighted by molar-refractivity contribution is -0.0840. The van der Waals surface area contributed by atoms with E-state index in [4.69, 9.17) is 4.74 Å². The Balaban J connectivity index is 2.32. The van der Waals surface area contributed by atoms with Crippen molar-refractivity contribution in [3.05, 3.63) is 12.2 Å². The van der Waals surface area contributed by atoms with Crippen molar-refractivity contribution in [2.75, 3.05) is 13.2 Å². The number of hydrogen-bond donors (Lipinski definition) is 2. The molecule has 3 nitrogen and oxygen atoms in total. The Labute approximate surface area is 84.4 Å². The molecule has 2 rings (SSSR count). The van der Waals surface area contributed by atoms with Gasteiger partial charge in [-0.1, -0.05) is 26.0 Å². The van der Waals surface area contributed by atoms with Gasteiger partial charge >= 0.3 is 0 Å². The minimum atomic E-state index is -0.874. The molecular weight excluding hydrogens is 180 g/mol. The second-order valence-corrected chi connectivity index (χ2v) is 4.64. The summed E-state index contributed by atoms with van der Waals surface area (Å²) in [6, 6.07) is 0. The van der Waals surface area contributed by atoms with E-state index in [-0.39, 0.29) is 17.8 Å². The van der Waals surface area contributed by atoms with Crippen molar-refractivity contribution < 1.29 is 14.9 Å². The summed E-state index contributed by atoms with van der Waals surface area (Å²) < 4.78 is 5.29. The Kier molecular flexibility index (Phi) is 2.41. The molecule has 2 N–H and O–H groups in total. The molecule has 0 amide bonds. The molecule has 0 radical (unpaired) electrons. The highest BCUT2D eigenvalue weighted by Crippen LogP contribution is 2.39. The van der Waals surface area contributed by atoms with Gasteiger partial charge in [-0.05, 0) is 0 Å². The molecular formula is C11H18O3. The van der Waals surface area contributed by atoms with Crippen LogP contribution in [0.1, 0.15) is 13.8 Å². The van der Waals surface area contributed by atoms with E-state index in [0.717, 1.165) is 0 Å². The fourth-order valence-electron chi connectivity index (χ4n) is 2.47. The Hall–Kier alpha value is -0.380. The van der Waals surface area contributed by atoms with Crippen molar-refractivity contribution in [3.63, 3.8) is 0 Å². The second kappa shape index (κ2) is 3.33. The van der Waals surface area contributed by atoms with Gasteiger partial charge in [0.05, 0.1) is 19.3 Å². The SMILES string of the molecule is C[C@@H]1C=C[C@H]2COC[C@]2(O)[C@H](C)[C@@H]1O. The van der Waals surface area contributed by atoms with Gasteiger partial charge in [-0.25, -0.2) is 0 Å². The minimum absolute atomic E-state index is 0.0390. The first-order valence-electron chi connectivity index (χ1n) is 5.22. The summed E-state index contributed by atoms with van der Waals surface area (Å²) in [7, 11) is 0. The molecule has 14 heavy (non-hydrogen) atoms. The third-order valence-electron chi connectivity index (χ3n) is 3.76. The third-order valence-corrected chi connectivity index (χ3v) is 3.76. The first-order chi connectivity index (χ1) is 6.55. The van der Waals surface area contributed by atoms with Gasteiger partial charge in [0, 0.05) is 17.8 Å². The van der Waals surface area contributed by atoms with Gasteiger partial charge in [0.1, 0.15) is 5.60 Å². The van der Waals surface area contributed by atoms with Crippen molar-refractivity contribution in [1.82, 2.24) is 0 Å². The number of fused-ring (bicyclic) bond motifs is 1. The first kappa shape index (κ1) is 10.1. The van der Waals surface area contributed by atoms with Crippen molar-refractivity contribution >= 4 is 0 Å². The number of hydrogen-bond acceptors (Lipinski definition) is 3. The second-order valence-electron chi connectivity index (χ2n) is 4.64. The molecule has 0 spiro atoms. The Bertz CT molecular complexity index is 251. The molecule has 3 heteroatoms. The summed E-state index contributed by atoms with van der Waals surface area (Å²) in [6.07, 6.45) is 3.49. The topological polar surface area (TPSA) is 49.7 Å². The highest BCUT2D eigenvalue weighted by Gasteiger charge is 2.49. The van der Waals surface area contributed by atoms with Crippen molar-refractivity contribution in [1.29, 1.82) is 0 Å². The van der Waals surface area contributed by atoms with E-state index in [0.29, 0.717) is 13.2 Å². The van der Waals surface area contributed by atoms with Crippen LogP contribution in [0.2, 0.25) is 0 Å². The van der Waals surface area contributed by atoms with Crippen molar-refractivity contribution in [2.24, 2.45) is 17.8 Å². The highest BCUT2D eigenvalue weighted by atomic mass is 16.5. The zero-order valence-corrected chi connectivity index (χ0v) is 8.68. The van der Waals surface area contributed by atoms with Gasteiger partial charge < -0.3 is 14.9 Å². The van der Waals surface area contributed by atoms with Crippen LogP contribution in [0, 0.1) is 17.8 Å². The maximum absolute atomic E-state index is 10.4. The summed E-state index contributed by atoms with van der Waals surface area (Å²) in [6.45, 7) is 4.78. The summed E-state index contributed by atoms with van der Waals surface area (Å²) in [4.78, 5) is 0. The van der Waals surface area contributed by atoms with Crippen LogP contribution >= 0.6 is 0 Å². The molecule has 1 aliphatic carbocycles. The van der Waals surface area contributed by atoms with Crippen LogP contribution in [0.3, 0.4) is 0 Å². The van der Waals surface area contributed by atoms with Crippen LogP contribution < -0.4 is 0 Å². The van der Waals surface area contributed by atoms with Crippen LogP contribution in [-0.4, -0.2) is 35.1 Å². The van der Waals surface area contributed by atoms with E-state index in [1.807, 2.05) is 26.0 Å². The smallest absolute Gasteiger partial charge is 0.101 e. The third kappa shape index (κ3) is 1.31. The number of aliphatic hydroxyl groups excluding tert-OH is 1. The normalized spacial score (nSPS) is 52.9. The predicted octanol–water partition coefficient (Wildman–Crippen LogP) is 0.567. The molecule has 1 saturated heterocycles. The van der Waals surface area contributed by atoms with Gasteiger partial charge in [0.25, 0.3) is 0 Å². The van der Waals surface area contributed by atoms with Crippen LogP contribution in [0.5, 0.6) is 0 Å². The molecule has 2 aliphatic rings. The maximum Gasteiger partial charge on any atom is 0.101 e. The Morgan fingerprint density at radius 1 is 1.36 bits per heavy atom. The molecule has 80 valence electrons. The summed E-state index contributed by atoms with van der Waals surface area (Å²) in [5, 5.41) is 20.4. The molecule has 1 fully saturated rings. The van der Waals surface area contributed by atoms with Crippen molar-refractivity contribution in [2.45, 2.75) is 25.6 Å². The highest BCUT2D eigenvalue weighted by molar-refractivity contribution is 5.11. The van der Waals surface area contributed by atoms with Gasteiger partial charge in [-0.2, -0.15) is 0 Å². The fourth-order valence-corrected chi connectivity index (χ4v) is 2.47. The summed E-state index contributed by atoms with van der Waals surface area (Å²) >= 11 is 0.